The number of aromatic nitrogens is 3. The number of rotatable bonds is 5. The Kier molecular flexibility index (Phi) is 4.80. The third-order valence-corrected chi connectivity index (χ3v) is 4.74. The number of ether oxygens (including phenoxy) is 1. The summed E-state index contributed by atoms with van der Waals surface area (Å²) in [5, 5.41) is 4.51. The first-order valence-electron chi connectivity index (χ1n) is 7.79. The monoisotopic (exact) mass is 365 g/mol. The second kappa shape index (κ2) is 6.87. The lowest BCUT2D eigenvalue weighted by molar-refractivity contribution is -0.143. The fourth-order valence-corrected chi connectivity index (χ4v) is 3.52. The standard InChI is InChI=1S/C17H17F2N3O2S/c1-4-24-14(23)8-22-17-15(10(3)21-22)11(16(18)19)7-12(20-17)13-6-5-9(2)25-13/h5-7,16H,4,8H2,1-3H3. The van der Waals surface area contributed by atoms with Crippen LogP contribution in [0.25, 0.3) is 21.6 Å². The van der Waals surface area contributed by atoms with E-state index in [9.17, 15) is 13.6 Å². The number of carbonyl (C=O) groups is 1. The van der Waals surface area contributed by atoms with Gasteiger partial charge in [-0.25, -0.2) is 18.4 Å². The molecule has 0 radical (unpaired) electrons. The van der Waals surface area contributed by atoms with Crippen molar-refractivity contribution < 1.29 is 18.3 Å². The Bertz CT molecular complexity index is 934. The topological polar surface area (TPSA) is 57.0 Å². The van der Waals surface area contributed by atoms with Crippen LogP contribution in [-0.2, 0) is 16.1 Å². The first kappa shape index (κ1) is 17.5. The lowest BCUT2D eigenvalue weighted by Gasteiger charge is -2.07. The molecule has 0 spiro atoms. The van der Waals surface area contributed by atoms with Crippen molar-refractivity contribution in [3.05, 3.63) is 34.3 Å². The van der Waals surface area contributed by atoms with E-state index in [1.54, 1.807) is 13.8 Å². The van der Waals surface area contributed by atoms with Gasteiger partial charge in [0.05, 0.1) is 28.3 Å². The number of esters is 1. The second-order valence-corrected chi connectivity index (χ2v) is 6.84. The maximum absolute atomic E-state index is 13.6. The number of carbonyl (C=O) groups excluding carboxylic acids is 1. The van der Waals surface area contributed by atoms with Gasteiger partial charge in [0, 0.05) is 10.4 Å². The van der Waals surface area contributed by atoms with Crippen LogP contribution >= 0.6 is 11.3 Å². The van der Waals surface area contributed by atoms with Crippen LogP contribution in [0.3, 0.4) is 0 Å². The molecule has 0 N–H and O–H groups in total. The van der Waals surface area contributed by atoms with Crippen molar-refractivity contribution in [2.75, 3.05) is 6.61 Å². The molecule has 0 atom stereocenters. The number of hydrogen-bond donors (Lipinski definition) is 0. The molecular formula is C17H17F2N3O2S. The Labute approximate surface area is 147 Å². The first-order valence-corrected chi connectivity index (χ1v) is 8.61. The van der Waals surface area contributed by atoms with Gasteiger partial charge in [-0.2, -0.15) is 5.10 Å². The van der Waals surface area contributed by atoms with Crippen molar-refractivity contribution in [1.82, 2.24) is 14.8 Å². The minimum Gasteiger partial charge on any atom is -0.465 e. The number of aryl methyl sites for hydroxylation is 2. The maximum Gasteiger partial charge on any atom is 0.327 e. The number of alkyl halides is 2. The van der Waals surface area contributed by atoms with E-state index in [0.717, 1.165) is 9.75 Å². The highest BCUT2D eigenvalue weighted by Gasteiger charge is 2.22. The Morgan fingerprint density at radius 2 is 2.12 bits per heavy atom. The van der Waals surface area contributed by atoms with Crippen molar-refractivity contribution in [3.63, 3.8) is 0 Å². The molecule has 0 bridgehead atoms. The van der Waals surface area contributed by atoms with Gasteiger partial charge in [0.15, 0.2) is 5.65 Å². The molecule has 5 nitrogen and oxygen atoms in total. The molecule has 3 rings (SSSR count). The predicted octanol–water partition coefficient (Wildman–Crippen LogP) is 4.28. The summed E-state index contributed by atoms with van der Waals surface area (Å²) in [6.07, 6.45) is -2.66. The van der Waals surface area contributed by atoms with Crippen LogP contribution < -0.4 is 0 Å². The van der Waals surface area contributed by atoms with E-state index in [1.807, 2.05) is 19.1 Å². The first-order chi connectivity index (χ1) is 11.9. The Hall–Kier alpha value is -2.35. The van der Waals surface area contributed by atoms with Gasteiger partial charge in [-0.1, -0.05) is 0 Å². The van der Waals surface area contributed by atoms with Crippen LogP contribution in [0.4, 0.5) is 8.78 Å². The molecule has 132 valence electrons. The summed E-state index contributed by atoms with van der Waals surface area (Å²) in [5.41, 5.74) is 1.00. The zero-order valence-electron chi connectivity index (χ0n) is 14.0. The number of hydrogen-bond acceptors (Lipinski definition) is 5. The molecule has 0 aliphatic heterocycles. The summed E-state index contributed by atoms with van der Waals surface area (Å²) in [5.74, 6) is -0.482. The largest absolute Gasteiger partial charge is 0.465 e. The normalized spacial score (nSPS) is 11.4. The predicted molar refractivity (Wildman–Crippen MR) is 91.9 cm³/mol. The van der Waals surface area contributed by atoms with Crippen LogP contribution in [0, 0.1) is 13.8 Å². The third kappa shape index (κ3) is 3.39. The highest BCUT2D eigenvalue weighted by atomic mass is 32.1. The molecule has 0 saturated carbocycles. The zero-order chi connectivity index (χ0) is 18.1. The molecule has 0 unspecified atom stereocenters. The van der Waals surface area contributed by atoms with Gasteiger partial charge in [0.25, 0.3) is 6.43 Å². The summed E-state index contributed by atoms with van der Waals surface area (Å²) in [4.78, 5) is 18.1. The van der Waals surface area contributed by atoms with Crippen LogP contribution in [0.2, 0.25) is 0 Å². The Morgan fingerprint density at radius 3 is 2.72 bits per heavy atom. The molecule has 3 aromatic rings. The maximum atomic E-state index is 13.6. The SMILES string of the molecule is CCOC(=O)Cn1nc(C)c2c(C(F)F)cc(-c3ccc(C)s3)nc21. The molecule has 3 heterocycles. The quantitative estimate of drug-likeness (QED) is 0.634. The van der Waals surface area contributed by atoms with E-state index in [-0.39, 0.29) is 29.7 Å². The number of nitrogens with zero attached hydrogens (tertiary/aromatic N) is 3. The average molecular weight is 365 g/mol. The molecule has 0 aromatic carbocycles. The Morgan fingerprint density at radius 1 is 1.36 bits per heavy atom. The van der Waals surface area contributed by atoms with E-state index in [0.29, 0.717) is 11.4 Å². The second-order valence-electron chi connectivity index (χ2n) is 5.55. The van der Waals surface area contributed by atoms with E-state index >= 15 is 0 Å². The molecule has 0 saturated heterocycles. The van der Waals surface area contributed by atoms with Crippen LogP contribution in [0.1, 0.15) is 29.5 Å². The van der Waals surface area contributed by atoms with Crippen LogP contribution in [0.5, 0.6) is 0 Å². The van der Waals surface area contributed by atoms with Crippen LogP contribution in [-0.4, -0.2) is 27.3 Å². The van der Waals surface area contributed by atoms with E-state index < -0.39 is 12.4 Å². The minimum atomic E-state index is -2.66. The van der Waals surface area contributed by atoms with Gasteiger partial charge in [0.1, 0.15) is 6.54 Å². The minimum absolute atomic E-state index is 0.126. The van der Waals surface area contributed by atoms with Gasteiger partial charge < -0.3 is 4.74 Å². The smallest absolute Gasteiger partial charge is 0.327 e. The van der Waals surface area contributed by atoms with Gasteiger partial charge in [-0.15, -0.1) is 11.3 Å². The molecule has 3 aromatic heterocycles. The third-order valence-electron chi connectivity index (χ3n) is 3.72. The fourth-order valence-electron chi connectivity index (χ4n) is 2.70. The van der Waals surface area contributed by atoms with Crippen molar-refractivity contribution in [3.8, 4) is 10.6 Å². The van der Waals surface area contributed by atoms with E-state index in [2.05, 4.69) is 10.1 Å². The summed E-state index contributed by atoms with van der Waals surface area (Å²) < 4.78 is 33.5. The number of thiophene rings is 1. The van der Waals surface area contributed by atoms with Crippen molar-refractivity contribution in [2.45, 2.75) is 33.7 Å². The van der Waals surface area contributed by atoms with E-state index in [4.69, 9.17) is 4.74 Å². The summed E-state index contributed by atoms with van der Waals surface area (Å²) >= 11 is 1.48. The molecule has 25 heavy (non-hydrogen) atoms. The highest BCUT2D eigenvalue weighted by Crippen LogP contribution is 2.35. The fraction of sp³-hybridized carbons (Fsp3) is 0.353. The van der Waals surface area contributed by atoms with Gasteiger partial charge in [-0.3, -0.25) is 4.79 Å². The lowest BCUT2D eigenvalue weighted by Crippen LogP contribution is -2.15. The van der Waals surface area contributed by atoms with Crippen molar-refractivity contribution >= 4 is 28.3 Å². The molecule has 8 heteroatoms. The number of fused-ring (bicyclic) bond motifs is 1. The zero-order valence-corrected chi connectivity index (χ0v) is 14.9. The molecule has 0 amide bonds. The van der Waals surface area contributed by atoms with Crippen molar-refractivity contribution in [1.29, 1.82) is 0 Å². The summed E-state index contributed by atoms with van der Waals surface area (Å²) in [6, 6.07) is 5.17. The summed E-state index contributed by atoms with van der Waals surface area (Å²) in [6.45, 7) is 5.35. The highest BCUT2D eigenvalue weighted by molar-refractivity contribution is 7.15. The molecule has 0 aliphatic carbocycles. The molecule has 0 aliphatic rings. The Balaban J connectivity index is 2.19. The van der Waals surface area contributed by atoms with Gasteiger partial charge in [-0.05, 0) is 39.0 Å². The average Bonchev–Trinajstić information content (AvgIpc) is 3.11. The van der Waals surface area contributed by atoms with Crippen LogP contribution in [0.15, 0.2) is 18.2 Å². The summed E-state index contributed by atoms with van der Waals surface area (Å²) in [7, 11) is 0. The number of halogens is 2. The van der Waals surface area contributed by atoms with Gasteiger partial charge in [0.2, 0.25) is 0 Å². The number of pyridine rings is 1. The lowest BCUT2D eigenvalue weighted by atomic mass is 10.1. The van der Waals surface area contributed by atoms with E-state index in [1.165, 1.54) is 22.1 Å². The van der Waals surface area contributed by atoms with Gasteiger partial charge >= 0.3 is 5.97 Å². The molecule has 0 fully saturated rings. The van der Waals surface area contributed by atoms with Crippen molar-refractivity contribution in [2.24, 2.45) is 0 Å². The molecular weight excluding hydrogens is 348 g/mol.